The Morgan fingerprint density at radius 2 is 0.359 bits per heavy atom. The molecule has 20 aromatic carbocycles. The first-order valence-electron chi connectivity index (χ1n) is 44.2. The molecule has 4 heterocycles. The van der Waals surface area contributed by atoms with E-state index in [-0.39, 0.29) is 0 Å². The Kier molecular flexibility index (Phi) is 21.4. The van der Waals surface area contributed by atoms with E-state index < -0.39 is 0 Å². The molecule has 0 unspecified atom stereocenters. The highest BCUT2D eigenvalue weighted by atomic mass is 15.0. The van der Waals surface area contributed by atoms with Crippen LogP contribution in [0, 0.1) is 27.7 Å². The number of hydrogen-bond acceptors (Lipinski definition) is 0. The zero-order valence-electron chi connectivity index (χ0n) is 72.0. The molecule has 0 amide bonds. The quantitative estimate of drug-likeness (QED) is 0.116. The van der Waals surface area contributed by atoms with Crippen LogP contribution in [0.5, 0.6) is 0 Å². The Morgan fingerprint density at radius 3 is 0.648 bits per heavy atom. The van der Waals surface area contributed by atoms with Crippen LogP contribution in [-0.2, 0) is 0 Å². The fourth-order valence-electron chi connectivity index (χ4n) is 18.7. The summed E-state index contributed by atoms with van der Waals surface area (Å²) in [6.45, 7) is 8.66. The third-order valence-corrected chi connectivity index (χ3v) is 25.2. The third-order valence-electron chi connectivity index (χ3n) is 25.2. The van der Waals surface area contributed by atoms with Gasteiger partial charge in [-0.25, -0.2) is 0 Å². The number of hydrogen-bond donors (Lipinski definition) is 0. The summed E-state index contributed by atoms with van der Waals surface area (Å²) in [7, 11) is 0. The van der Waals surface area contributed by atoms with Crippen LogP contribution in [0.15, 0.2) is 485 Å². The van der Waals surface area contributed by atoms with Crippen LogP contribution in [0.25, 0.3) is 199 Å². The van der Waals surface area contributed by atoms with Gasteiger partial charge in [0.1, 0.15) is 0 Å². The summed E-state index contributed by atoms with van der Waals surface area (Å²) in [4.78, 5) is 0. The highest BCUT2D eigenvalue weighted by Crippen LogP contribution is 2.44. The maximum Gasteiger partial charge on any atom is 0.0547 e. The molecule has 24 rings (SSSR count). The predicted octanol–water partition coefficient (Wildman–Crippen LogP) is 33.7. The Labute approximate surface area is 747 Å². The summed E-state index contributed by atoms with van der Waals surface area (Å²) in [6, 6.07) is 175. The van der Waals surface area contributed by atoms with Gasteiger partial charge in [0.05, 0.1) is 44.1 Å². The Hall–Kier alpha value is -16.4. The van der Waals surface area contributed by atoms with Crippen molar-refractivity contribution in [1.29, 1.82) is 0 Å². The zero-order valence-corrected chi connectivity index (χ0v) is 72.0. The van der Waals surface area contributed by atoms with Crippen LogP contribution >= 0.6 is 0 Å². The predicted molar refractivity (Wildman–Crippen MR) is 546 cm³/mol. The molecule has 0 N–H and O–H groups in total. The van der Waals surface area contributed by atoms with E-state index in [4.69, 9.17) is 0 Å². The normalized spacial score (nSPS) is 11.3. The van der Waals surface area contributed by atoms with Gasteiger partial charge in [0.15, 0.2) is 0 Å². The van der Waals surface area contributed by atoms with Gasteiger partial charge < -0.3 is 18.3 Å². The van der Waals surface area contributed by atoms with Gasteiger partial charge in [0.2, 0.25) is 0 Å². The minimum absolute atomic E-state index is 1.19. The van der Waals surface area contributed by atoms with Crippen LogP contribution in [0.3, 0.4) is 0 Å². The Morgan fingerprint density at radius 1 is 0.125 bits per heavy atom. The average molecular weight is 1640 g/mol. The first-order valence-corrected chi connectivity index (χ1v) is 44.2. The summed E-state index contributed by atoms with van der Waals surface area (Å²) in [5.41, 5.74) is 39.6. The fraction of sp³-hybridized carbons (Fsp3) is 0.0323. The molecule has 0 radical (unpaired) electrons. The maximum atomic E-state index is 2.42. The van der Waals surface area contributed by atoms with Crippen molar-refractivity contribution in [2.24, 2.45) is 0 Å². The molecule has 0 aliphatic heterocycles. The molecular formula is C124H92N4. The van der Waals surface area contributed by atoms with Gasteiger partial charge in [-0.3, -0.25) is 0 Å². The lowest BCUT2D eigenvalue weighted by Gasteiger charge is -2.12. The third kappa shape index (κ3) is 15.4. The topological polar surface area (TPSA) is 19.7 Å². The van der Waals surface area contributed by atoms with Crippen molar-refractivity contribution in [1.82, 2.24) is 18.3 Å². The molecule has 0 fully saturated rings. The van der Waals surface area contributed by atoms with Gasteiger partial charge in [-0.2, -0.15) is 0 Å². The number of rotatable bonds is 12. The monoisotopic (exact) mass is 1640 g/mol. The molecule has 0 aliphatic rings. The second-order valence-corrected chi connectivity index (χ2v) is 33.4. The summed E-state index contributed by atoms with van der Waals surface area (Å²) < 4.78 is 9.62. The lowest BCUT2D eigenvalue weighted by molar-refractivity contribution is 1.15. The van der Waals surface area contributed by atoms with Crippen molar-refractivity contribution in [2.45, 2.75) is 27.7 Å². The Balaban J connectivity index is 0.000000104. The summed E-state index contributed by atoms with van der Waals surface area (Å²) in [5.74, 6) is 0. The van der Waals surface area contributed by atoms with Crippen molar-refractivity contribution >= 4 is 87.2 Å². The second-order valence-electron chi connectivity index (χ2n) is 33.4. The highest BCUT2D eigenvalue weighted by Gasteiger charge is 2.22. The molecule has 4 heteroatoms. The van der Waals surface area contributed by atoms with Gasteiger partial charge in [0.25, 0.3) is 0 Å². The average Bonchev–Trinajstić information content (AvgIpc) is 1.60. The van der Waals surface area contributed by atoms with E-state index in [9.17, 15) is 0 Å². The molecular weight excluding hydrogens is 1550 g/mol. The molecule has 0 atom stereocenters. The smallest absolute Gasteiger partial charge is 0.0547 e. The first kappa shape index (κ1) is 78.8. The van der Waals surface area contributed by atoms with Crippen LogP contribution in [-0.4, -0.2) is 18.3 Å². The van der Waals surface area contributed by atoms with Crippen LogP contribution in [0.2, 0.25) is 0 Å². The molecule has 0 spiro atoms. The van der Waals surface area contributed by atoms with Gasteiger partial charge in [-0.05, 0) is 249 Å². The van der Waals surface area contributed by atoms with E-state index in [0.29, 0.717) is 0 Å². The molecule has 128 heavy (non-hydrogen) atoms. The molecule has 0 aliphatic carbocycles. The van der Waals surface area contributed by atoms with Crippen molar-refractivity contribution < 1.29 is 0 Å². The fourth-order valence-corrected chi connectivity index (χ4v) is 18.7. The van der Waals surface area contributed by atoms with Crippen LogP contribution in [0.4, 0.5) is 0 Å². The van der Waals surface area contributed by atoms with Crippen molar-refractivity contribution in [3.05, 3.63) is 508 Å². The zero-order chi connectivity index (χ0) is 86.0. The number of para-hydroxylation sites is 2. The van der Waals surface area contributed by atoms with Gasteiger partial charge in [0, 0.05) is 65.8 Å². The first-order chi connectivity index (χ1) is 63.1. The standard InChI is InChI=1S/4C31H23N/c1-22-10-8-9-15-29(22)32-30-19-17-25(23-11-4-2-5-12-23)20-28(30)27-18-16-26(21-31(27)32)24-13-6-3-7-14-24;1-22-10-8-9-15-29(22)32-30-18-16-25(23-11-4-2-5-12-23)20-27(30)28-21-26(17-19-31(28)32)24-13-6-3-7-14-24;1-22-9-8-14-27(19-22)32-30-18-16-25(23-10-4-2-5-11-23)20-29(30)28-17-15-26(21-31(28)32)24-12-6-3-7-13-24;1-22-12-16-27(17-13-22)32-30-19-15-25(23-8-4-2-5-9-23)20-29(30)28-18-14-26(21-31(28)32)24-10-6-3-7-11-24/h4*2-21H,1H3. The van der Waals surface area contributed by atoms with Crippen molar-refractivity contribution in [3.8, 4) is 112 Å². The minimum Gasteiger partial charge on any atom is -0.309 e. The number of aryl methyl sites for hydroxylation is 4. The lowest BCUT2D eigenvalue weighted by atomic mass is 10.0. The summed E-state index contributed by atoms with van der Waals surface area (Å²) in [5, 5.41) is 10.2. The highest BCUT2D eigenvalue weighted by molar-refractivity contribution is 6.15. The van der Waals surface area contributed by atoms with Crippen LogP contribution in [0.1, 0.15) is 22.3 Å². The maximum absolute atomic E-state index is 2.42. The van der Waals surface area contributed by atoms with E-state index in [0.717, 1.165) is 0 Å². The Bertz CT molecular complexity index is 8040. The van der Waals surface area contributed by atoms with E-state index in [1.807, 2.05) is 0 Å². The van der Waals surface area contributed by atoms with E-state index in [1.165, 1.54) is 221 Å². The molecule has 24 aromatic rings. The molecule has 608 valence electrons. The second kappa shape index (κ2) is 34.7. The molecule has 0 bridgehead atoms. The molecule has 4 nitrogen and oxygen atoms in total. The molecule has 4 aromatic heterocycles. The number of fused-ring (bicyclic) bond motifs is 12. The molecule has 0 saturated carbocycles. The van der Waals surface area contributed by atoms with Gasteiger partial charge >= 0.3 is 0 Å². The number of nitrogens with zero attached hydrogens (tertiary/aromatic N) is 4. The number of aromatic nitrogens is 4. The van der Waals surface area contributed by atoms with E-state index >= 15 is 0 Å². The van der Waals surface area contributed by atoms with Crippen molar-refractivity contribution in [3.63, 3.8) is 0 Å². The molecule has 0 saturated heterocycles. The van der Waals surface area contributed by atoms with Gasteiger partial charge in [-0.1, -0.05) is 376 Å². The minimum atomic E-state index is 1.19. The van der Waals surface area contributed by atoms with Crippen molar-refractivity contribution in [2.75, 3.05) is 0 Å². The van der Waals surface area contributed by atoms with Gasteiger partial charge in [-0.15, -0.1) is 0 Å². The summed E-state index contributed by atoms with van der Waals surface area (Å²) >= 11 is 0. The summed E-state index contributed by atoms with van der Waals surface area (Å²) in [6.07, 6.45) is 0. The van der Waals surface area contributed by atoms with E-state index in [1.54, 1.807) is 0 Å². The van der Waals surface area contributed by atoms with E-state index in [2.05, 4.69) is 531 Å². The SMILES string of the molecule is Cc1ccc(-n2c3ccc(-c4ccccc4)cc3c3ccc(-c4ccccc4)cc32)cc1.Cc1cccc(-n2c3ccc(-c4ccccc4)cc3c3ccc(-c4ccccc4)cc32)c1.Cc1ccccc1-n1c2ccc(-c3ccccc3)cc2c2cc(-c3ccccc3)ccc21.Cc1ccccc1-n1c2ccc(-c3ccccc3)cc2c2ccc(-c3ccccc3)cc21. The number of benzene rings is 20. The largest absolute Gasteiger partial charge is 0.309 e. The van der Waals surface area contributed by atoms with Crippen LogP contribution < -0.4 is 0 Å². The lowest BCUT2D eigenvalue weighted by Crippen LogP contribution is -1.96.